The first-order valence-electron chi connectivity index (χ1n) is 9.46. The molecule has 0 radical (unpaired) electrons. The van der Waals surface area contributed by atoms with E-state index in [0.29, 0.717) is 24.1 Å². The standard InChI is InChI=1S/C20H23N7OS/c1-15-5-7-16(8-6-15)19-23-24-20(27(19)21)29-14-18(28)26-12-10-25(11-13-26)17-4-2-3-9-22-17/h2-9H,10-14,21H2,1H3. The van der Waals surface area contributed by atoms with Crippen molar-refractivity contribution in [1.29, 1.82) is 0 Å². The quantitative estimate of drug-likeness (QED) is 0.507. The molecule has 8 nitrogen and oxygen atoms in total. The molecule has 1 aromatic carbocycles. The molecule has 150 valence electrons. The zero-order valence-corrected chi connectivity index (χ0v) is 17.0. The number of amides is 1. The number of benzene rings is 1. The zero-order valence-electron chi connectivity index (χ0n) is 16.2. The van der Waals surface area contributed by atoms with Crippen molar-refractivity contribution >= 4 is 23.5 Å². The summed E-state index contributed by atoms with van der Waals surface area (Å²) in [5.41, 5.74) is 2.06. The molecule has 0 atom stereocenters. The Labute approximate surface area is 173 Å². The number of thioether (sulfide) groups is 1. The Morgan fingerprint density at radius 2 is 1.83 bits per heavy atom. The maximum atomic E-state index is 12.6. The summed E-state index contributed by atoms with van der Waals surface area (Å²) in [7, 11) is 0. The van der Waals surface area contributed by atoms with Gasteiger partial charge in [0.2, 0.25) is 11.1 Å². The van der Waals surface area contributed by atoms with E-state index in [1.165, 1.54) is 22.0 Å². The molecule has 2 N–H and O–H groups in total. The Hall–Kier alpha value is -3.07. The van der Waals surface area contributed by atoms with Crippen LogP contribution in [-0.4, -0.2) is 62.6 Å². The summed E-state index contributed by atoms with van der Waals surface area (Å²) in [6, 6.07) is 13.8. The summed E-state index contributed by atoms with van der Waals surface area (Å²) >= 11 is 1.31. The number of aromatic nitrogens is 4. The lowest BCUT2D eigenvalue weighted by atomic mass is 10.1. The van der Waals surface area contributed by atoms with Gasteiger partial charge in [-0.1, -0.05) is 47.7 Å². The van der Waals surface area contributed by atoms with E-state index < -0.39 is 0 Å². The van der Waals surface area contributed by atoms with Gasteiger partial charge in [-0.25, -0.2) is 9.66 Å². The van der Waals surface area contributed by atoms with Crippen molar-refractivity contribution < 1.29 is 4.79 Å². The first-order valence-corrected chi connectivity index (χ1v) is 10.4. The highest BCUT2D eigenvalue weighted by molar-refractivity contribution is 7.99. The summed E-state index contributed by atoms with van der Waals surface area (Å²) in [6.45, 7) is 4.94. The third-order valence-electron chi connectivity index (χ3n) is 4.90. The van der Waals surface area contributed by atoms with Crippen LogP contribution in [0.4, 0.5) is 5.82 Å². The number of nitrogen functional groups attached to an aromatic ring is 1. The van der Waals surface area contributed by atoms with Gasteiger partial charge in [0.05, 0.1) is 5.75 Å². The summed E-state index contributed by atoms with van der Waals surface area (Å²) in [6.07, 6.45) is 1.79. The van der Waals surface area contributed by atoms with Crippen LogP contribution in [0.5, 0.6) is 0 Å². The van der Waals surface area contributed by atoms with E-state index in [2.05, 4.69) is 20.1 Å². The SMILES string of the molecule is Cc1ccc(-c2nnc(SCC(=O)N3CCN(c4ccccn4)CC3)n2N)cc1. The van der Waals surface area contributed by atoms with Crippen LogP contribution in [0.3, 0.4) is 0 Å². The molecule has 0 unspecified atom stereocenters. The van der Waals surface area contributed by atoms with Crippen molar-refractivity contribution in [2.24, 2.45) is 0 Å². The van der Waals surface area contributed by atoms with Crippen LogP contribution in [0.1, 0.15) is 5.56 Å². The Morgan fingerprint density at radius 1 is 1.07 bits per heavy atom. The highest BCUT2D eigenvalue weighted by Crippen LogP contribution is 2.22. The molecule has 1 aliphatic heterocycles. The Bertz CT molecular complexity index is 966. The Morgan fingerprint density at radius 3 is 2.52 bits per heavy atom. The molecular formula is C20H23N7OS. The van der Waals surface area contributed by atoms with Gasteiger partial charge in [-0.3, -0.25) is 4.79 Å². The average Bonchev–Trinajstić information content (AvgIpc) is 3.13. The van der Waals surface area contributed by atoms with Crippen LogP contribution in [0.25, 0.3) is 11.4 Å². The van der Waals surface area contributed by atoms with Crippen molar-refractivity contribution in [3.8, 4) is 11.4 Å². The fourth-order valence-corrected chi connectivity index (χ4v) is 3.98. The van der Waals surface area contributed by atoms with E-state index in [4.69, 9.17) is 5.84 Å². The van der Waals surface area contributed by atoms with E-state index in [-0.39, 0.29) is 11.7 Å². The summed E-state index contributed by atoms with van der Waals surface area (Å²) in [5.74, 6) is 8.06. The highest BCUT2D eigenvalue weighted by Gasteiger charge is 2.22. The van der Waals surface area contributed by atoms with Crippen LogP contribution in [0, 0.1) is 6.92 Å². The first kappa shape index (κ1) is 19.3. The average molecular weight is 410 g/mol. The van der Waals surface area contributed by atoms with Crippen molar-refractivity contribution in [3.63, 3.8) is 0 Å². The molecule has 1 saturated heterocycles. The molecule has 3 heterocycles. The van der Waals surface area contributed by atoms with Crippen molar-refractivity contribution in [3.05, 3.63) is 54.2 Å². The second-order valence-corrected chi connectivity index (χ2v) is 7.83. The van der Waals surface area contributed by atoms with Crippen LogP contribution in [0.2, 0.25) is 0 Å². The van der Waals surface area contributed by atoms with Gasteiger partial charge in [0.1, 0.15) is 5.82 Å². The number of anilines is 1. The lowest BCUT2D eigenvalue weighted by Crippen LogP contribution is -2.49. The predicted molar refractivity (Wildman–Crippen MR) is 114 cm³/mol. The Balaban J connectivity index is 1.32. The van der Waals surface area contributed by atoms with E-state index in [1.807, 2.05) is 54.3 Å². The maximum absolute atomic E-state index is 12.6. The van der Waals surface area contributed by atoms with Crippen molar-refractivity contribution in [1.82, 2.24) is 24.8 Å². The number of hydrogen-bond acceptors (Lipinski definition) is 7. The molecule has 1 aliphatic rings. The van der Waals surface area contributed by atoms with Gasteiger partial charge in [-0.2, -0.15) is 0 Å². The molecule has 1 amide bonds. The van der Waals surface area contributed by atoms with Gasteiger partial charge in [0.15, 0.2) is 5.82 Å². The molecule has 0 aliphatic carbocycles. The van der Waals surface area contributed by atoms with E-state index in [0.717, 1.165) is 24.5 Å². The van der Waals surface area contributed by atoms with Crippen LogP contribution in [0.15, 0.2) is 53.8 Å². The molecule has 4 rings (SSSR count). The zero-order chi connectivity index (χ0) is 20.2. The molecule has 0 bridgehead atoms. The third kappa shape index (κ3) is 4.34. The van der Waals surface area contributed by atoms with Crippen LogP contribution >= 0.6 is 11.8 Å². The number of nitrogens with zero attached hydrogens (tertiary/aromatic N) is 6. The topological polar surface area (TPSA) is 93.2 Å². The molecule has 2 aromatic heterocycles. The smallest absolute Gasteiger partial charge is 0.233 e. The van der Waals surface area contributed by atoms with Gasteiger partial charge < -0.3 is 15.6 Å². The normalized spacial score (nSPS) is 14.2. The summed E-state index contributed by atoms with van der Waals surface area (Å²) < 4.78 is 1.45. The highest BCUT2D eigenvalue weighted by atomic mass is 32.2. The fourth-order valence-electron chi connectivity index (χ4n) is 3.22. The first-order chi connectivity index (χ1) is 14.1. The van der Waals surface area contributed by atoms with E-state index in [9.17, 15) is 4.79 Å². The Kier molecular flexibility index (Phi) is 5.66. The lowest BCUT2D eigenvalue weighted by molar-refractivity contribution is -0.128. The third-order valence-corrected chi connectivity index (χ3v) is 5.83. The fraction of sp³-hybridized carbons (Fsp3) is 0.300. The minimum Gasteiger partial charge on any atom is -0.353 e. The number of carbonyl (C=O) groups is 1. The van der Waals surface area contributed by atoms with Crippen molar-refractivity contribution in [2.45, 2.75) is 12.1 Å². The number of hydrogen-bond donors (Lipinski definition) is 1. The number of nitrogens with two attached hydrogens (primary N) is 1. The minimum absolute atomic E-state index is 0.0792. The van der Waals surface area contributed by atoms with Crippen LogP contribution in [-0.2, 0) is 4.79 Å². The summed E-state index contributed by atoms with van der Waals surface area (Å²) in [5, 5.41) is 8.85. The number of carbonyl (C=O) groups excluding carboxylic acids is 1. The molecule has 1 fully saturated rings. The monoisotopic (exact) mass is 409 g/mol. The second-order valence-electron chi connectivity index (χ2n) is 6.89. The lowest BCUT2D eigenvalue weighted by Gasteiger charge is -2.35. The molecule has 3 aromatic rings. The van der Waals surface area contributed by atoms with Crippen molar-refractivity contribution in [2.75, 3.05) is 42.7 Å². The molecule has 0 spiro atoms. The van der Waals surface area contributed by atoms with Gasteiger partial charge in [0, 0.05) is 37.9 Å². The molecular weight excluding hydrogens is 386 g/mol. The number of rotatable bonds is 5. The molecule has 29 heavy (non-hydrogen) atoms. The van der Waals surface area contributed by atoms with Gasteiger partial charge in [-0.05, 0) is 19.1 Å². The van der Waals surface area contributed by atoms with Gasteiger partial charge >= 0.3 is 0 Å². The van der Waals surface area contributed by atoms with Crippen LogP contribution < -0.4 is 10.7 Å². The number of aryl methyl sites for hydroxylation is 1. The number of piperazine rings is 1. The van der Waals surface area contributed by atoms with Gasteiger partial charge in [-0.15, -0.1) is 10.2 Å². The van der Waals surface area contributed by atoms with Gasteiger partial charge in [0.25, 0.3) is 0 Å². The molecule has 0 saturated carbocycles. The molecule has 9 heteroatoms. The minimum atomic E-state index is 0.0792. The number of pyridine rings is 1. The largest absolute Gasteiger partial charge is 0.353 e. The second kappa shape index (κ2) is 8.52. The summed E-state index contributed by atoms with van der Waals surface area (Å²) in [4.78, 5) is 21.1. The van der Waals surface area contributed by atoms with E-state index >= 15 is 0 Å². The maximum Gasteiger partial charge on any atom is 0.233 e. The van der Waals surface area contributed by atoms with E-state index in [1.54, 1.807) is 6.20 Å². The predicted octanol–water partition coefficient (Wildman–Crippen LogP) is 1.80.